The maximum absolute atomic E-state index is 14.5. The van der Waals surface area contributed by atoms with Crippen molar-refractivity contribution in [1.82, 2.24) is 10.6 Å². The van der Waals surface area contributed by atoms with Gasteiger partial charge < -0.3 is 5.32 Å². The van der Waals surface area contributed by atoms with E-state index in [1.54, 1.807) is 12.1 Å². The highest BCUT2D eigenvalue weighted by Crippen LogP contribution is 2.55. The summed E-state index contributed by atoms with van der Waals surface area (Å²) in [5.41, 5.74) is 0.636. The zero-order valence-corrected chi connectivity index (χ0v) is 14.6. The Morgan fingerprint density at radius 2 is 2.18 bits per heavy atom. The first-order valence-corrected chi connectivity index (χ1v) is 9.76. The van der Waals surface area contributed by atoms with Crippen LogP contribution in [0.2, 0.25) is 5.02 Å². The van der Waals surface area contributed by atoms with Gasteiger partial charge >= 0.3 is 0 Å². The Morgan fingerprint density at radius 3 is 3.00 bits per heavy atom. The molecule has 2 aliphatic heterocycles. The lowest BCUT2D eigenvalue weighted by molar-refractivity contribution is 0.270. The van der Waals surface area contributed by atoms with Gasteiger partial charge in [-0.25, -0.2) is 4.39 Å². The number of thioether (sulfide) groups is 1. The first kappa shape index (κ1) is 15.6. The summed E-state index contributed by atoms with van der Waals surface area (Å²) in [6.45, 7) is 0.712. The van der Waals surface area contributed by atoms with Crippen LogP contribution in [0.5, 0.6) is 0 Å². The fourth-order valence-electron chi connectivity index (χ4n) is 4.37. The van der Waals surface area contributed by atoms with Crippen LogP contribution < -0.4 is 10.6 Å². The van der Waals surface area contributed by atoms with Crippen LogP contribution in [0.15, 0.2) is 18.2 Å². The molecule has 22 heavy (non-hydrogen) atoms. The number of benzene rings is 1. The van der Waals surface area contributed by atoms with Gasteiger partial charge in [0.15, 0.2) is 0 Å². The molecule has 4 rings (SSSR count). The highest BCUT2D eigenvalue weighted by atomic mass is 35.5. The van der Waals surface area contributed by atoms with Crippen LogP contribution >= 0.6 is 36.0 Å². The van der Waals surface area contributed by atoms with Gasteiger partial charge in [-0.1, -0.05) is 24.1 Å². The minimum absolute atomic E-state index is 0.0380. The lowest BCUT2D eigenvalue weighted by Crippen LogP contribution is -2.37. The van der Waals surface area contributed by atoms with Gasteiger partial charge in [-0.2, -0.15) is 12.6 Å². The van der Waals surface area contributed by atoms with Crippen molar-refractivity contribution in [2.75, 3.05) is 6.54 Å². The second-order valence-corrected chi connectivity index (χ2v) is 8.89. The lowest BCUT2D eigenvalue weighted by Gasteiger charge is -2.31. The van der Waals surface area contributed by atoms with E-state index >= 15 is 0 Å². The number of fused-ring (bicyclic) bond motifs is 3. The number of nitrogens with one attached hydrogen (secondary N) is 2. The molecule has 0 amide bonds. The van der Waals surface area contributed by atoms with E-state index in [0.717, 1.165) is 0 Å². The SMILES string of the molecule is Fc1cccc(Cl)c1C1NCC(S)NC2SC3CCCC3C21. The van der Waals surface area contributed by atoms with Gasteiger partial charge in [0.1, 0.15) is 5.82 Å². The lowest BCUT2D eigenvalue weighted by atomic mass is 9.81. The summed E-state index contributed by atoms with van der Waals surface area (Å²) in [6.07, 6.45) is 3.80. The normalized spacial score (nSPS) is 41.0. The molecule has 3 aliphatic rings. The zero-order valence-electron chi connectivity index (χ0n) is 12.1. The predicted octanol–water partition coefficient (Wildman–Crippen LogP) is 3.83. The number of rotatable bonds is 1. The number of hydrogen-bond donors (Lipinski definition) is 3. The summed E-state index contributed by atoms with van der Waals surface area (Å²) >= 11 is 13.0. The molecule has 1 aromatic rings. The van der Waals surface area contributed by atoms with E-state index in [4.69, 9.17) is 11.6 Å². The van der Waals surface area contributed by atoms with Crippen LogP contribution in [0.1, 0.15) is 30.9 Å². The summed E-state index contributed by atoms with van der Waals surface area (Å²) in [7, 11) is 0. The van der Waals surface area contributed by atoms with Crippen molar-refractivity contribution in [2.45, 2.75) is 41.3 Å². The van der Waals surface area contributed by atoms with Crippen molar-refractivity contribution in [2.24, 2.45) is 11.8 Å². The Labute approximate surface area is 145 Å². The van der Waals surface area contributed by atoms with Gasteiger partial charge in [0, 0.05) is 34.3 Å². The fourth-order valence-corrected chi connectivity index (χ4v) is 6.99. The van der Waals surface area contributed by atoms with Gasteiger partial charge in [0.05, 0.1) is 10.7 Å². The number of halogens is 2. The minimum atomic E-state index is -0.201. The molecule has 2 saturated heterocycles. The average Bonchev–Trinajstić information content (AvgIpc) is 2.99. The van der Waals surface area contributed by atoms with Crippen LogP contribution in [0, 0.1) is 17.7 Å². The quantitative estimate of drug-likeness (QED) is 0.665. The van der Waals surface area contributed by atoms with Crippen LogP contribution in [0.4, 0.5) is 4.39 Å². The van der Waals surface area contributed by atoms with Gasteiger partial charge in [0.2, 0.25) is 0 Å². The molecule has 6 heteroatoms. The molecule has 0 radical (unpaired) electrons. The standard InChI is InChI=1S/C16H20ClFN2S2/c17-9-4-2-5-10(18)14(9)15-13-8-3-1-6-11(8)22-16(13)20-12(21)7-19-15/h2,4-5,8,11-13,15-16,19-21H,1,3,6-7H2. The van der Waals surface area contributed by atoms with Gasteiger partial charge in [-0.3, -0.25) is 5.32 Å². The van der Waals surface area contributed by atoms with E-state index in [9.17, 15) is 4.39 Å². The summed E-state index contributed by atoms with van der Waals surface area (Å²) in [4.78, 5) is 0. The predicted molar refractivity (Wildman–Crippen MR) is 94.1 cm³/mol. The van der Waals surface area contributed by atoms with Crippen LogP contribution in [-0.2, 0) is 0 Å². The van der Waals surface area contributed by atoms with Crippen molar-refractivity contribution in [1.29, 1.82) is 0 Å². The monoisotopic (exact) mass is 358 g/mol. The Kier molecular flexibility index (Phi) is 4.37. The summed E-state index contributed by atoms with van der Waals surface area (Å²) in [5.74, 6) is 0.797. The highest BCUT2D eigenvalue weighted by molar-refractivity contribution is 8.00. The molecule has 2 N–H and O–H groups in total. The molecule has 6 unspecified atom stereocenters. The third-order valence-electron chi connectivity index (χ3n) is 5.25. The molecule has 3 fully saturated rings. The van der Waals surface area contributed by atoms with Gasteiger partial charge in [-0.05, 0) is 30.9 Å². The molecule has 1 aromatic carbocycles. The first-order valence-electron chi connectivity index (χ1n) is 7.92. The number of thiol groups is 1. The molecule has 0 bridgehead atoms. The molecule has 120 valence electrons. The first-order chi connectivity index (χ1) is 10.6. The zero-order chi connectivity index (χ0) is 15.3. The number of hydrogen-bond acceptors (Lipinski definition) is 4. The molecule has 6 atom stereocenters. The molecule has 1 aliphatic carbocycles. The molecule has 0 aromatic heterocycles. The van der Waals surface area contributed by atoms with E-state index in [1.165, 1.54) is 25.3 Å². The summed E-state index contributed by atoms with van der Waals surface area (Å²) in [6, 6.07) is 4.95. The van der Waals surface area contributed by atoms with Crippen LogP contribution in [-0.4, -0.2) is 22.5 Å². The second kappa shape index (κ2) is 6.17. The van der Waals surface area contributed by atoms with Crippen molar-refractivity contribution in [3.05, 3.63) is 34.6 Å². The molecular formula is C16H20ClFN2S2. The third kappa shape index (κ3) is 2.59. The van der Waals surface area contributed by atoms with Crippen molar-refractivity contribution in [3.8, 4) is 0 Å². The Balaban J connectivity index is 1.75. The van der Waals surface area contributed by atoms with Crippen LogP contribution in [0.3, 0.4) is 0 Å². The second-order valence-electron chi connectivity index (χ2n) is 6.47. The molecular weight excluding hydrogens is 339 g/mol. The van der Waals surface area contributed by atoms with E-state index < -0.39 is 0 Å². The third-order valence-corrected chi connectivity index (χ3v) is 7.59. The summed E-state index contributed by atoms with van der Waals surface area (Å²) < 4.78 is 14.5. The maximum atomic E-state index is 14.5. The Bertz CT molecular complexity index is 553. The maximum Gasteiger partial charge on any atom is 0.129 e. The van der Waals surface area contributed by atoms with Crippen LogP contribution in [0.25, 0.3) is 0 Å². The van der Waals surface area contributed by atoms with Crippen molar-refractivity contribution < 1.29 is 4.39 Å². The Morgan fingerprint density at radius 1 is 1.32 bits per heavy atom. The Hall–Kier alpha value is 0.0600. The molecule has 2 nitrogen and oxygen atoms in total. The highest BCUT2D eigenvalue weighted by Gasteiger charge is 2.51. The van der Waals surface area contributed by atoms with E-state index in [-0.39, 0.29) is 17.2 Å². The fraction of sp³-hybridized carbons (Fsp3) is 0.625. The van der Waals surface area contributed by atoms with Gasteiger partial charge in [-0.15, -0.1) is 11.8 Å². The van der Waals surface area contributed by atoms with Crippen molar-refractivity contribution in [3.63, 3.8) is 0 Å². The topological polar surface area (TPSA) is 24.1 Å². The molecule has 1 saturated carbocycles. The van der Waals surface area contributed by atoms with Gasteiger partial charge in [0.25, 0.3) is 0 Å². The smallest absolute Gasteiger partial charge is 0.129 e. The largest absolute Gasteiger partial charge is 0.307 e. The minimum Gasteiger partial charge on any atom is -0.307 e. The van der Waals surface area contributed by atoms with E-state index in [0.29, 0.717) is 39.6 Å². The van der Waals surface area contributed by atoms with E-state index in [1.807, 2.05) is 11.8 Å². The molecule has 2 heterocycles. The van der Waals surface area contributed by atoms with E-state index in [2.05, 4.69) is 23.3 Å². The molecule has 0 spiro atoms. The van der Waals surface area contributed by atoms with Crippen molar-refractivity contribution >= 4 is 36.0 Å². The average molecular weight is 359 g/mol. The summed E-state index contributed by atoms with van der Waals surface area (Å²) in [5, 5.41) is 8.78.